The van der Waals surface area contributed by atoms with Gasteiger partial charge in [0.15, 0.2) is 0 Å². The molecule has 0 fully saturated rings. The Hall–Kier alpha value is -1.16. The van der Waals surface area contributed by atoms with Gasteiger partial charge >= 0.3 is 0 Å². The number of amides is 1. The van der Waals surface area contributed by atoms with E-state index in [1.165, 1.54) is 6.42 Å². The van der Waals surface area contributed by atoms with Crippen molar-refractivity contribution in [3.63, 3.8) is 0 Å². The number of aryl methyl sites for hydroxylation is 1. The molecule has 0 unspecified atom stereocenters. The van der Waals surface area contributed by atoms with Gasteiger partial charge in [0.25, 0.3) is 0 Å². The van der Waals surface area contributed by atoms with E-state index >= 15 is 0 Å². The van der Waals surface area contributed by atoms with Gasteiger partial charge in [-0.15, -0.1) is 0 Å². The van der Waals surface area contributed by atoms with E-state index in [0.717, 1.165) is 23.4 Å². The van der Waals surface area contributed by atoms with Crippen LogP contribution in [0.15, 0.2) is 18.2 Å². The van der Waals surface area contributed by atoms with Crippen molar-refractivity contribution >= 4 is 29.0 Å². The minimum atomic E-state index is 0.0415. The number of carbonyl (C=O) groups excluding carboxylic acids is 1. The van der Waals surface area contributed by atoms with E-state index in [9.17, 15) is 4.79 Å². The van der Waals surface area contributed by atoms with Crippen molar-refractivity contribution in [2.75, 3.05) is 22.6 Å². The van der Waals surface area contributed by atoms with Gasteiger partial charge in [0.1, 0.15) is 0 Å². The van der Waals surface area contributed by atoms with Crippen molar-refractivity contribution in [1.82, 2.24) is 0 Å². The van der Waals surface area contributed by atoms with Crippen LogP contribution in [0.1, 0.15) is 25.3 Å². The maximum atomic E-state index is 11.7. The van der Waals surface area contributed by atoms with Crippen LogP contribution in [0.2, 0.25) is 0 Å². The van der Waals surface area contributed by atoms with E-state index < -0.39 is 0 Å². The summed E-state index contributed by atoms with van der Waals surface area (Å²) < 4.78 is 0. The van der Waals surface area contributed by atoms with Crippen molar-refractivity contribution in [3.8, 4) is 0 Å². The van der Waals surface area contributed by atoms with Crippen LogP contribution in [-0.2, 0) is 4.79 Å². The molecule has 3 N–H and O–H groups in total. The average molecular weight is 252 g/mol. The van der Waals surface area contributed by atoms with Gasteiger partial charge in [-0.25, -0.2) is 0 Å². The lowest BCUT2D eigenvalue weighted by molar-refractivity contribution is -0.113. The summed E-state index contributed by atoms with van der Waals surface area (Å²) in [7, 11) is 0. The molecule has 1 amide bonds. The number of nitrogen functional groups attached to an aromatic ring is 1. The van der Waals surface area contributed by atoms with E-state index in [1.807, 2.05) is 19.1 Å². The van der Waals surface area contributed by atoms with Gasteiger partial charge in [0.05, 0.1) is 5.75 Å². The monoisotopic (exact) mass is 252 g/mol. The number of thioether (sulfide) groups is 1. The molecule has 0 aromatic heterocycles. The van der Waals surface area contributed by atoms with Gasteiger partial charge in [-0.3, -0.25) is 4.79 Å². The number of nitrogens with one attached hydrogen (secondary N) is 1. The van der Waals surface area contributed by atoms with Crippen LogP contribution in [0.4, 0.5) is 11.4 Å². The standard InChI is InChI=1S/C13H20N2OS/c1-3-4-7-17-9-13(16)15-12-8-11(14)6-5-10(12)2/h5-6,8H,3-4,7,9,14H2,1-2H3,(H,15,16). The maximum Gasteiger partial charge on any atom is 0.234 e. The number of hydrogen-bond donors (Lipinski definition) is 2. The highest BCUT2D eigenvalue weighted by molar-refractivity contribution is 7.99. The lowest BCUT2D eigenvalue weighted by Gasteiger charge is -2.09. The number of nitrogens with two attached hydrogens (primary N) is 1. The Morgan fingerprint density at radius 1 is 1.47 bits per heavy atom. The van der Waals surface area contributed by atoms with E-state index in [4.69, 9.17) is 5.73 Å². The summed E-state index contributed by atoms with van der Waals surface area (Å²) in [6.07, 6.45) is 2.33. The Labute approximate surface area is 107 Å². The molecule has 0 bridgehead atoms. The zero-order chi connectivity index (χ0) is 12.7. The summed E-state index contributed by atoms with van der Waals surface area (Å²) in [5.74, 6) is 1.59. The van der Waals surface area contributed by atoms with Gasteiger partial charge in [-0.1, -0.05) is 19.4 Å². The van der Waals surface area contributed by atoms with Crippen LogP contribution in [0.5, 0.6) is 0 Å². The highest BCUT2D eigenvalue weighted by atomic mass is 32.2. The quantitative estimate of drug-likeness (QED) is 0.604. The fourth-order valence-corrected chi connectivity index (χ4v) is 2.27. The molecule has 94 valence electrons. The molecule has 3 nitrogen and oxygen atoms in total. The largest absolute Gasteiger partial charge is 0.399 e. The predicted molar refractivity (Wildman–Crippen MR) is 76.5 cm³/mol. The SMILES string of the molecule is CCCCSCC(=O)Nc1cc(N)ccc1C. The Morgan fingerprint density at radius 3 is 2.94 bits per heavy atom. The molecule has 0 saturated heterocycles. The zero-order valence-corrected chi connectivity index (χ0v) is 11.3. The van der Waals surface area contributed by atoms with Crippen molar-refractivity contribution in [1.29, 1.82) is 0 Å². The van der Waals surface area contributed by atoms with Crippen molar-refractivity contribution in [2.24, 2.45) is 0 Å². The van der Waals surface area contributed by atoms with E-state index in [2.05, 4.69) is 12.2 Å². The summed E-state index contributed by atoms with van der Waals surface area (Å²) >= 11 is 1.67. The molecule has 17 heavy (non-hydrogen) atoms. The first-order valence-corrected chi connectivity index (χ1v) is 7.02. The first kappa shape index (κ1) is 13.9. The zero-order valence-electron chi connectivity index (χ0n) is 10.5. The van der Waals surface area contributed by atoms with Crippen LogP contribution in [0.25, 0.3) is 0 Å². The second-order valence-corrected chi connectivity index (χ2v) is 5.13. The fourth-order valence-electron chi connectivity index (χ4n) is 1.37. The number of benzene rings is 1. The molecule has 4 heteroatoms. The number of rotatable bonds is 6. The molecule has 0 aliphatic rings. The summed E-state index contributed by atoms with van der Waals surface area (Å²) in [5.41, 5.74) is 8.20. The molecule has 1 aromatic carbocycles. The molecule has 0 aliphatic carbocycles. The molecule has 0 saturated carbocycles. The minimum absolute atomic E-state index is 0.0415. The van der Waals surface area contributed by atoms with Gasteiger partial charge in [-0.2, -0.15) is 11.8 Å². The molecule has 1 rings (SSSR count). The molecule has 0 heterocycles. The third kappa shape index (κ3) is 5.13. The van der Waals surface area contributed by atoms with E-state index in [-0.39, 0.29) is 5.91 Å². The molecule has 0 spiro atoms. The first-order chi connectivity index (χ1) is 8.13. The van der Waals surface area contributed by atoms with E-state index in [0.29, 0.717) is 11.4 Å². The fraction of sp³-hybridized carbons (Fsp3) is 0.462. The number of hydrogen-bond acceptors (Lipinski definition) is 3. The van der Waals surface area contributed by atoms with Gasteiger partial charge in [0.2, 0.25) is 5.91 Å². The third-order valence-electron chi connectivity index (χ3n) is 2.41. The Balaban J connectivity index is 2.42. The third-order valence-corrected chi connectivity index (χ3v) is 3.45. The molecule has 0 radical (unpaired) electrons. The number of anilines is 2. The minimum Gasteiger partial charge on any atom is -0.399 e. The van der Waals surface area contributed by atoms with Crippen molar-refractivity contribution in [2.45, 2.75) is 26.7 Å². The van der Waals surface area contributed by atoms with Crippen molar-refractivity contribution in [3.05, 3.63) is 23.8 Å². The molecule has 0 atom stereocenters. The Kier molecular flexibility index (Phi) is 5.91. The number of unbranched alkanes of at least 4 members (excludes halogenated alkanes) is 1. The van der Waals surface area contributed by atoms with Crippen LogP contribution in [0, 0.1) is 6.92 Å². The lowest BCUT2D eigenvalue weighted by Crippen LogP contribution is -2.15. The van der Waals surface area contributed by atoms with Crippen LogP contribution < -0.4 is 11.1 Å². The highest BCUT2D eigenvalue weighted by Crippen LogP contribution is 2.18. The first-order valence-electron chi connectivity index (χ1n) is 5.87. The normalized spacial score (nSPS) is 10.2. The predicted octanol–water partition coefficient (Wildman–Crippen LogP) is 3.05. The average Bonchev–Trinajstić information content (AvgIpc) is 2.29. The topological polar surface area (TPSA) is 55.1 Å². The lowest BCUT2D eigenvalue weighted by atomic mass is 10.2. The smallest absolute Gasteiger partial charge is 0.234 e. The van der Waals surface area contributed by atoms with Gasteiger partial charge < -0.3 is 11.1 Å². The summed E-state index contributed by atoms with van der Waals surface area (Å²) in [6, 6.07) is 5.54. The van der Waals surface area contributed by atoms with Crippen molar-refractivity contribution < 1.29 is 4.79 Å². The van der Waals surface area contributed by atoms with Gasteiger partial charge in [-0.05, 0) is 36.8 Å². The summed E-state index contributed by atoms with van der Waals surface area (Å²) in [6.45, 7) is 4.11. The molecular weight excluding hydrogens is 232 g/mol. The maximum absolute atomic E-state index is 11.7. The van der Waals surface area contributed by atoms with E-state index in [1.54, 1.807) is 17.8 Å². The second-order valence-electron chi connectivity index (χ2n) is 4.03. The van der Waals surface area contributed by atoms with Crippen LogP contribution in [0.3, 0.4) is 0 Å². The second kappa shape index (κ2) is 7.22. The van der Waals surface area contributed by atoms with Crippen LogP contribution in [-0.4, -0.2) is 17.4 Å². The summed E-state index contributed by atoms with van der Waals surface area (Å²) in [5, 5.41) is 2.89. The summed E-state index contributed by atoms with van der Waals surface area (Å²) in [4.78, 5) is 11.7. The van der Waals surface area contributed by atoms with Gasteiger partial charge in [0, 0.05) is 11.4 Å². The highest BCUT2D eigenvalue weighted by Gasteiger charge is 2.05. The number of carbonyl (C=O) groups is 1. The molecule has 1 aromatic rings. The Bertz CT molecular complexity index is 380. The van der Waals surface area contributed by atoms with Crippen LogP contribution >= 0.6 is 11.8 Å². The molecular formula is C13H20N2OS. The Morgan fingerprint density at radius 2 is 2.24 bits per heavy atom. The molecule has 0 aliphatic heterocycles.